The van der Waals surface area contributed by atoms with E-state index in [1.165, 1.54) is 0 Å². The molecule has 0 aliphatic heterocycles. The number of carboxylic acid groups (broad SMARTS) is 5. The average molecular weight is 516 g/mol. The molecular formula is C15H25NaO15Ti. The average Bonchev–Trinajstić information content (AvgIpc) is 2.56. The van der Waals surface area contributed by atoms with E-state index in [4.69, 9.17) is 25.5 Å². The van der Waals surface area contributed by atoms with Crippen LogP contribution in [0.5, 0.6) is 0 Å². The first-order valence-electron chi connectivity index (χ1n) is 7.66. The molecule has 0 radical (unpaired) electrons. The second-order valence-corrected chi connectivity index (χ2v) is 4.98. The van der Waals surface area contributed by atoms with Crippen molar-refractivity contribution in [2.45, 2.75) is 65.1 Å². The van der Waals surface area contributed by atoms with E-state index in [1.807, 2.05) is 0 Å². The standard InChI is InChI=1S/5C3H6O3.Na.Ti/c5*1-2(4)3(5)6;;/h5*2,4H,1H3,(H,5,6);;/q;;;;;+1;+4/p-5. The number of aliphatic hydroxyl groups excluding tert-OH is 5. The summed E-state index contributed by atoms with van der Waals surface area (Å²) in [5, 5.41) is 86.5. The number of hydrogen-bond donors (Lipinski definition) is 5. The van der Waals surface area contributed by atoms with Crippen molar-refractivity contribution in [1.82, 2.24) is 0 Å². The molecular weight excluding hydrogens is 491 g/mol. The third-order valence-electron chi connectivity index (χ3n) is 1.71. The van der Waals surface area contributed by atoms with Crippen LogP contribution in [-0.4, -0.2) is 85.9 Å². The Bertz CT molecular complexity index is 403. The Morgan fingerprint density at radius 3 is 0.469 bits per heavy atom. The predicted molar refractivity (Wildman–Crippen MR) is 83.4 cm³/mol. The number of carbonyl (C=O) groups is 5. The summed E-state index contributed by atoms with van der Waals surface area (Å²) >= 11 is 0. The Kier molecular flexibility index (Phi) is 45.1. The maximum absolute atomic E-state index is 9.34. The summed E-state index contributed by atoms with van der Waals surface area (Å²) in [5.41, 5.74) is 0. The Labute approximate surface area is 220 Å². The van der Waals surface area contributed by atoms with Crippen LogP contribution in [0.1, 0.15) is 34.6 Å². The van der Waals surface area contributed by atoms with Crippen LogP contribution in [0.3, 0.4) is 0 Å². The topological polar surface area (TPSA) is 302 Å². The van der Waals surface area contributed by atoms with E-state index in [2.05, 4.69) is 0 Å². The van der Waals surface area contributed by atoms with Crippen molar-refractivity contribution in [1.29, 1.82) is 0 Å². The van der Waals surface area contributed by atoms with E-state index in [0.29, 0.717) is 0 Å². The van der Waals surface area contributed by atoms with Gasteiger partial charge in [-0.2, -0.15) is 0 Å². The SMILES string of the molecule is CC(O)C(=O)[O-].CC(O)C(=O)[O-].CC(O)C(=O)[O-].CC(O)C(=O)[O-].CC(O)C(=O)[O-].[Na+].[Ti+4]. The number of aliphatic hydroxyl groups is 5. The van der Waals surface area contributed by atoms with Gasteiger partial charge in [0.15, 0.2) is 0 Å². The van der Waals surface area contributed by atoms with Crippen molar-refractivity contribution < 1.29 is 126 Å². The van der Waals surface area contributed by atoms with Gasteiger partial charge in [-0.05, 0) is 34.6 Å². The molecule has 0 aliphatic carbocycles. The molecule has 5 unspecified atom stereocenters. The smallest absolute Gasteiger partial charge is 0.547 e. The third kappa shape index (κ3) is 63.0. The molecule has 0 aromatic heterocycles. The zero-order valence-electron chi connectivity index (χ0n) is 18.2. The molecule has 5 N–H and O–H groups in total. The Morgan fingerprint density at radius 2 is 0.469 bits per heavy atom. The fraction of sp³-hybridized carbons (Fsp3) is 0.667. The summed E-state index contributed by atoms with van der Waals surface area (Å²) < 4.78 is 0. The number of rotatable bonds is 5. The second-order valence-electron chi connectivity index (χ2n) is 4.98. The van der Waals surface area contributed by atoms with Gasteiger partial charge in [0, 0.05) is 0 Å². The minimum atomic E-state index is -1.44. The van der Waals surface area contributed by atoms with Crippen molar-refractivity contribution in [3.8, 4) is 0 Å². The summed E-state index contributed by atoms with van der Waals surface area (Å²) in [6.45, 7) is 5.67. The van der Waals surface area contributed by atoms with Gasteiger partial charge < -0.3 is 75.0 Å². The molecule has 0 aliphatic rings. The van der Waals surface area contributed by atoms with E-state index in [0.717, 1.165) is 34.6 Å². The van der Waals surface area contributed by atoms with Crippen molar-refractivity contribution in [2.24, 2.45) is 0 Å². The van der Waals surface area contributed by atoms with E-state index in [1.54, 1.807) is 0 Å². The van der Waals surface area contributed by atoms with Crippen LogP contribution in [0.25, 0.3) is 0 Å². The minimum Gasteiger partial charge on any atom is -0.547 e. The van der Waals surface area contributed by atoms with Gasteiger partial charge in [-0.1, -0.05) is 0 Å². The summed E-state index contributed by atoms with van der Waals surface area (Å²) in [7, 11) is 0. The van der Waals surface area contributed by atoms with Crippen LogP contribution >= 0.6 is 0 Å². The van der Waals surface area contributed by atoms with Crippen LogP contribution in [0, 0.1) is 0 Å². The molecule has 0 rings (SSSR count). The summed E-state index contributed by atoms with van der Waals surface area (Å²) in [6, 6.07) is 0. The Hall–Kier alpha value is -1.14. The van der Waals surface area contributed by atoms with Crippen LogP contribution in [-0.2, 0) is 45.7 Å². The van der Waals surface area contributed by atoms with Gasteiger partial charge in [-0.3, -0.25) is 0 Å². The van der Waals surface area contributed by atoms with Crippen molar-refractivity contribution in [3.63, 3.8) is 0 Å². The minimum absolute atomic E-state index is 0. The van der Waals surface area contributed by atoms with Crippen molar-refractivity contribution in [3.05, 3.63) is 0 Å². The van der Waals surface area contributed by atoms with Gasteiger partial charge in [0.2, 0.25) is 0 Å². The van der Waals surface area contributed by atoms with E-state index >= 15 is 0 Å². The van der Waals surface area contributed by atoms with Gasteiger partial charge in [0.05, 0.1) is 60.4 Å². The van der Waals surface area contributed by atoms with Crippen LogP contribution < -0.4 is 55.1 Å². The third-order valence-corrected chi connectivity index (χ3v) is 1.71. The summed E-state index contributed by atoms with van der Waals surface area (Å²) in [4.78, 5) is 46.7. The van der Waals surface area contributed by atoms with Gasteiger partial charge in [0.1, 0.15) is 0 Å². The van der Waals surface area contributed by atoms with E-state index in [-0.39, 0.29) is 51.3 Å². The van der Waals surface area contributed by atoms with Crippen LogP contribution in [0.4, 0.5) is 0 Å². The molecule has 0 amide bonds. The number of carboxylic acids is 5. The van der Waals surface area contributed by atoms with Gasteiger partial charge >= 0.3 is 51.3 Å². The first-order chi connectivity index (χ1) is 13.2. The molecule has 0 aromatic rings. The number of hydrogen-bond acceptors (Lipinski definition) is 15. The zero-order valence-corrected chi connectivity index (χ0v) is 21.8. The normalized spacial score (nSPS) is 12.8. The van der Waals surface area contributed by atoms with Crippen molar-refractivity contribution in [2.75, 3.05) is 0 Å². The molecule has 0 bridgehead atoms. The fourth-order valence-corrected chi connectivity index (χ4v) is 0. The van der Waals surface area contributed by atoms with Gasteiger partial charge in [-0.15, -0.1) is 0 Å². The van der Waals surface area contributed by atoms with Crippen molar-refractivity contribution >= 4 is 29.8 Å². The maximum atomic E-state index is 9.34. The largest absolute Gasteiger partial charge is 4.00 e. The molecule has 0 spiro atoms. The Morgan fingerprint density at radius 1 is 0.438 bits per heavy atom. The quantitative estimate of drug-likeness (QED) is 0.212. The molecule has 0 heterocycles. The first kappa shape index (κ1) is 48.3. The number of aliphatic carboxylic acids is 5. The van der Waals surface area contributed by atoms with E-state index < -0.39 is 60.4 Å². The summed E-state index contributed by atoms with van der Waals surface area (Å²) in [5.74, 6) is -7.18. The number of carbonyl (C=O) groups excluding carboxylic acids is 5. The monoisotopic (exact) mass is 516 g/mol. The first-order valence-corrected chi connectivity index (χ1v) is 7.66. The molecule has 0 saturated carbocycles. The van der Waals surface area contributed by atoms with Crippen LogP contribution in [0.2, 0.25) is 0 Å². The molecule has 15 nitrogen and oxygen atoms in total. The van der Waals surface area contributed by atoms with Gasteiger partial charge in [-0.25, -0.2) is 0 Å². The zero-order chi connectivity index (χ0) is 25.8. The molecule has 180 valence electrons. The summed E-state index contributed by atoms with van der Waals surface area (Å²) in [6.07, 6.45) is -6.71. The predicted octanol–water partition coefficient (Wildman–Crippen LogP) is -12.4. The van der Waals surface area contributed by atoms with Gasteiger partial charge in [0.25, 0.3) is 0 Å². The fourth-order valence-electron chi connectivity index (χ4n) is 0. The molecule has 0 saturated heterocycles. The van der Waals surface area contributed by atoms with Crippen LogP contribution in [0.15, 0.2) is 0 Å². The molecule has 32 heavy (non-hydrogen) atoms. The molecule has 5 atom stereocenters. The Balaban J connectivity index is -0.0000000481. The maximum Gasteiger partial charge on any atom is 4.00 e. The molecule has 0 fully saturated rings. The molecule has 0 aromatic carbocycles. The van der Waals surface area contributed by atoms with E-state index in [9.17, 15) is 49.5 Å². The molecule has 17 heteroatoms. The second kappa shape index (κ2) is 29.9.